The van der Waals surface area contributed by atoms with Crippen LogP contribution in [-0.2, 0) is 6.42 Å². The Kier molecular flexibility index (Phi) is 7.42. The zero-order valence-electron chi connectivity index (χ0n) is 15.9. The van der Waals surface area contributed by atoms with Gasteiger partial charge >= 0.3 is 0 Å². The number of likely N-dealkylation sites (tertiary alicyclic amines) is 1. The van der Waals surface area contributed by atoms with Crippen molar-refractivity contribution in [1.29, 1.82) is 0 Å². The van der Waals surface area contributed by atoms with Crippen LogP contribution in [0.15, 0.2) is 36.9 Å². The van der Waals surface area contributed by atoms with Crippen LogP contribution in [0.25, 0.3) is 5.70 Å². The van der Waals surface area contributed by atoms with E-state index in [1.165, 1.54) is 61.0 Å². The van der Waals surface area contributed by atoms with Crippen LogP contribution in [-0.4, -0.2) is 31.6 Å². The molecule has 0 atom stereocenters. The summed E-state index contributed by atoms with van der Waals surface area (Å²) in [6.07, 6.45) is 11.8. The van der Waals surface area contributed by atoms with Crippen LogP contribution >= 0.6 is 0 Å². The lowest BCUT2D eigenvalue weighted by atomic mass is 9.99. The molecule has 0 unspecified atom stereocenters. The average molecular weight is 327 g/mol. The molecule has 24 heavy (non-hydrogen) atoms. The number of allylic oxidation sites excluding steroid dienone is 2. The van der Waals surface area contributed by atoms with Gasteiger partial charge in [-0.05, 0) is 62.8 Å². The van der Waals surface area contributed by atoms with E-state index >= 15 is 0 Å². The van der Waals surface area contributed by atoms with E-state index in [2.05, 4.69) is 61.5 Å². The first-order chi connectivity index (χ1) is 11.7. The van der Waals surface area contributed by atoms with Gasteiger partial charge in [-0.3, -0.25) is 0 Å². The molecule has 2 rings (SSSR count). The van der Waals surface area contributed by atoms with Gasteiger partial charge in [-0.25, -0.2) is 0 Å². The lowest BCUT2D eigenvalue weighted by molar-refractivity contribution is 0.326. The lowest BCUT2D eigenvalue weighted by Gasteiger charge is -2.33. The predicted octanol–water partition coefficient (Wildman–Crippen LogP) is 5.50. The molecule has 1 aliphatic rings. The Morgan fingerprint density at radius 3 is 2.58 bits per heavy atom. The second kappa shape index (κ2) is 9.56. The molecule has 2 nitrogen and oxygen atoms in total. The van der Waals surface area contributed by atoms with Crippen LogP contribution in [0, 0.1) is 0 Å². The standard InChI is InChI=1S/C22H34N2/c1-5-8-13-19-14-15-21(23(4)7-3)20(18-19)22(12-6-2)24-16-10-9-11-17-24/h6,12,14-15,18H,2,5,7-11,13,16-17H2,1,3-4H3/b22-12+. The van der Waals surface area contributed by atoms with E-state index < -0.39 is 0 Å². The van der Waals surface area contributed by atoms with Gasteiger partial charge in [-0.2, -0.15) is 0 Å². The SMILES string of the molecule is C=C/C=C(\c1cc(CCCC)ccc1N(C)CC)N1CCCCC1. The maximum atomic E-state index is 3.97. The minimum absolute atomic E-state index is 1.02. The number of benzene rings is 1. The third kappa shape index (κ3) is 4.66. The number of unbranched alkanes of at least 4 members (excludes halogenated alkanes) is 1. The van der Waals surface area contributed by atoms with E-state index in [0.29, 0.717) is 0 Å². The van der Waals surface area contributed by atoms with E-state index in [1.54, 1.807) is 0 Å². The first-order valence-corrected chi connectivity index (χ1v) is 9.63. The highest BCUT2D eigenvalue weighted by molar-refractivity contribution is 5.77. The monoisotopic (exact) mass is 326 g/mol. The van der Waals surface area contributed by atoms with E-state index in [0.717, 1.165) is 19.6 Å². The molecule has 2 heteroatoms. The highest BCUT2D eigenvalue weighted by Gasteiger charge is 2.19. The Labute approximate surface area is 148 Å². The fourth-order valence-electron chi connectivity index (χ4n) is 3.44. The summed E-state index contributed by atoms with van der Waals surface area (Å²) in [5, 5.41) is 0. The number of hydrogen-bond acceptors (Lipinski definition) is 2. The summed E-state index contributed by atoms with van der Waals surface area (Å²) in [7, 11) is 2.19. The van der Waals surface area contributed by atoms with Crippen LogP contribution in [0.2, 0.25) is 0 Å². The number of anilines is 1. The molecule has 1 aromatic rings. The lowest BCUT2D eigenvalue weighted by Crippen LogP contribution is -2.29. The van der Waals surface area contributed by atoms with Gasteiger partial charge < -0.3 is 9.80 Å². The molecule has 0 aromatic heterocycles. The largest absolute Gasteiger partial charge is 0.374 e. The summed E-state index contributed by atoms with van der Waals surface area (Å²) in [5.74, 6) is 0. The first kappa shape index (κ1) is 18.6. The minimum atomic E-state index is 1.02. The van der Waals surface area contributed by atoms with Crippen molar-refractivity contribution in [2.24, 2.45) is 0 Å². The minimum Gasteiger partial charge on any atom is -0.374 e. The topological polar surface area (TPSA) is 6.48 Å². The fourth-order valence-corrected chi connectivity index (χ4v) is 3.44. The third-order valence-corrected chi connectivity index (χ3v) is 5.01. The van der Waals surface area contributed by atoms with Crippen molar-refractivity contribution >= 4 is 11.4 Å². The van der Waals surface area contributed by atoms with E-state index in [-0.39, 0.29) is 0 Å². The highest BCUT2D eigenvalue weighted by atomic mass is 15.2. The summed E-state index contributed by atoms with van der Waals surface area (Å²) >= 11 is 0. The van der Waals surface area contributed by atoms with Gasteiger partial charge in [0.15, 0.2) is 0 Å². The molecular weight excluding hydrogens is 292 g/mol. The Morgan fingerprint density at radius 1 is 1.21 bits per heavy atom. The average Bonchev–Trinajstić information content (AvgIpc) is 2.64. The van der Waals surface area contributed by atoms with Crippen LogP contribution in [0.4, 0.5) is 5.69 Å². The van der Waals surface area contributed by atoms with Crippen LogP contribution in [0.5, 0.6) is 0 Å². The molecule has 1 saturated heterocycles. The first-order valence-electron chi connectivity index (χ1n) is 9.63. The van der Waals surface area contributed by atoms with Crippen LogP contribution in [0.3, 0.4) is 0 Å². The summed E-state index contributed by atoms with van der Waals surface area (Å²) in [5.41, 5.74) is 5.50. The van der Waals surface area contributed by atoms with E-state index in [9.17, 15) is 0 Å². The van der Waals surface area contributed by atoms with Gasteiger partial charge in [0, 0.05) is 43.6 Å². The van der Waals surface area contributed by atoms with Crippen molar-refractivity contribution in [1.82, 2.24) is 4.90 Å². The van der Waals surface area contributed by atoms with Gasteiger partial charge in [0.25, 0.3) is 0 Å². The number of rotatable bonds is 8. The predicted molar refractivity (Wildman–Crippen MR) is 108 cm³/mol. The van der Waals surface area contributed by atoms with Crippen LogP contribution < -0.4 is 4.90 Å². The molecule has 0 N–H and O–H groups in total. The molecule has 0 spiro atoms. The molecule has 1 aliphatic heterocycles. The summed E-state index contributed by atoms with van der Waals surface area (Å²) in [6, 6.07) is 7.04. The summed E-state index contributed by atoms with van der Waals surface area (Å²) in [6.45, 7) is 11.8. The van der Waals surface area contributed by atoms with Gasteiger partial charge in [-0.1, -0.05) is 32.1 Å². The molecule has 1 fully saturated rings. The Balaban J connectivity index is 2.43. The second-order valence-corrected chi connectivity index (χ2v) is 6.80. The maximum absolute atomic E-state index is 3.97. The molecular formula is C22H34N2. The maximum Gasteiger partial charge on any atom is 0.0460 e. The van der Waals surface area contributed by atoms with Gasteiger partial charge in [-0.15, -0.1) is 0 Å². The van der Waals surface area contributed by atoms with Crippen LogP contribution in [0.1, 0.15) is 57.1 Å². The highest BCUT2D eigenvalue weighted by Crippen LogP contribution is 2.32. The Hall–Kier alpha value is -1.70. The van der Waals surface area contributed by atoms with Crippen molar-refractivity contribution in [3.8, 4) is 0 Å². The molecule has 1 heterocycles. The molecule has 0 saturated carbocycles. The zero-order valence-corrected chi connectivity index (χ0v) is 15.9. The van der Waals surface area contributed by atoms with Crippen molar-refractivity contribution in [2.75, 3.05) is 31.6 Å². The van der Waals surface area contributed by atoms with Crippen molar-refractivity contribution in [3.05, 3.63) is 48.1 Å². The van der Waals surface area contributed by atoms with Crippen molar-refractivity contribution < 1.29 is 0 Å². The van der Waals surface area contributed by atoms with E-state index in [1.807, 2.05) is 6.08 Å². The normalized spacial score (nSPS) is 15.5. The number of piperidine rings is 1. The molecule has 0 amide bonds. The van der Waals surface area contributed by atoms with Crippen molar-refractivity contribution in [3.63, 3.8) is 0 Å². The second-order valence-electron chi connectivity index (χ2n) is 6.80. The van der Waals surface area contributed by atoms with Gasteiger partial charge in [0.2, 0.25) is 0 Å². The van der Waals surface area contributed by atoms with Crippen molar-refractivity contribution in [2.45, 2.75) is 52.4 Å². The summed E-state index contributed by atoms with van der Waals surface area (Å²) in [4.78, 5) is 4.90. The fraction of sp³-hybridized carbons (Fsp3) is 0.545. The quantitative estimate of drug-likeness (QED) is 0.582. The summed E-state index contributed by atoms with van der Waals surface area (Å²) < 4.78 is 0. The third-order valence-electron chi connectivity index (χ3n) is 5.01. The van der Waals surface area contributed by atoms with E-state index in [4.69, 9.17) is 0 Å². The number of nitrogens with zero attached hydrogens (tertiary/aromatic N) is 2. The smallest absolute Gasteiger partial charge is 0.0460 e. The van der Waals surface area contributed by atoms with Gasteiger partial charge in [0.05, 0.1) is 0 Å². The molecule has 132 valence electrons. The molecule has 1 aromatic carbocycles. The molecule has 0 bridgehead atoms. The molecule has 0 aliphatic carbocycles. The molecule has 0 radical (unpaired) electrons. The number of hydrogen-bond donors (Lipinski definition) is 0. The zero-order chi connectivity index (χ0) is 17.4. The Bertz CT molecular complexity index is 553. The number of aryl methyl sites for hydroxylation is 1. The Morgan fingerprint density at radius 2 is 1.96 bits per heavy atom. The van der Waals surface area contributed by atoms with Gasteiger partial charge in [0.1, 0.15) is 0 Å².